The summed E-state index contributed by atoms with van der Waals surface area (Å²) in [4.78, 5) is 13.2. The summed E-state index contributed by atoms with van der Waals surface area (Å²) >= 11 is 0. The van der Waals surface area contributed by atoms with Crippen molar-refractivity contribution in [2.75, 3.05) is 11.4 Å². The molecular formula is C12H14FNO. The Bertz CT molecular complexity index is 356. The first kappa shape index (κ1) is 11.4. The lowest BCUT2D eigenvalue weighted by Gasteiger charge is -2.19. The molecule has 0 unspecified atom stereocenters. The lowest BCUT2D eigenvalue weighted by atomic mass is 10.2. The van der Waals surface area contributed by atoms with Gasteiger partial charge in [0.15, 0.2) is 0 Å². The fraction of sp³-hybridized carbons (Fsp3) is 0.250. The minimum absolute atomic E-state index is 0.0911. The highest BCUT2D eigenvalue weighted by Crippen LogP contribution is 2.14. The van der Waals surface area contributed by atoms with Gasteiger partial charge in [-0.1, -0.05) is 6.08 Å². The molecule has 0 saturated carbocycles. The molecule has 0 aliphatic carbocycles. The van der Waals surface area contributed by atoms with Gasteiger partial charge >= 0.3 is 0 Å². The molecule has 1 aromatic rings. The van der Waals surface area contributed by atoms with E-state index in [0.29, 0.717) is 12.2 Å². The molecule has 0 aromatic heterocycles. The average molecular weight is 207 g/mol. The number of carbonyl (C=O) groups is 1. The second-order valence-corrected chi connectivity index (χ2v) is 3.06. The van der Waals surface area contributed by atoms with Crippen LogP contribution in [0.25, 0.3) is 0 Å². The van der Waals surface area contributed by atoms with E-state index < -0.39 is 0 Å². The van der Waals surface area contributed by atoms with Crippen molar-refractivity contribution in [2.45, 2.75) is 13.8 Å². The Balaban J connectivity index is 2.92. The van der Waals surface area contributed by atoms with Gasteiger partial charge in [0.05, 0.1) is 0 Å². The van der Waals surface area contributed by atoms with Crippen LogP contribution in [-0.4, -0.2) is 12.5 Å². The lowest BCUT2D eigenvalue weighted by molar-refractivity contribution is -0.114. The molecule has 1 amide bonds. The van der Waals surface area contributed by atoms with E-state index in [1.807, 2.05) is 6.92 Å². The maximum absolute atomic E-state index is 12.7. The van der Waals surface area contributed by atoms with Crippen LogP contribution in [0.2, 0.25) is 0 Å². The Morgan fingerprint density at radius 3 is 2.47 bits per heavy atom. The molecule has 2 nitrogen and oxygen atoms in total. The summed E-state index contributed by atoms with van der Waals surface area (Å²) in [7, 11) is 0. The van der Waals surface area contributed by atoms with Crippen LogP contribution < -0.4 is 4.90 Å². The van der Waals surface area contributed by atoms with Crippen LogP contribution in [0.5, 0.6) is 0 Å². The van der Waals surface area contributed by atoms with Crippen molar-refractivity contribution >= 4 is 11.6 Å². The molecule has 0 atom stereocenters. The summed E-state index contributed by atoms with van der Waals surface area (Å²) in [6, 6.07) is 5.89. The first-order valence-corrected chi connectivity index (χ1v) is 4.88. The van der Waals surface area contributed by atoms with Crippen LogP contribution in [0.4, 0.5) is 10.1 Å². The van der Waals surface area contributed by atoms with Crippen LogP contribution in [0.1, 0.15) is 13.8 Å². The van der Waals surface area contributed by atoms with Crippen molar-refractivity contribution < 1.29 is 9.18 Å². The molecule has 0 spiro atoms. The molecule has 80 valence electrons. The summed E-state index contributed by atoms with van der Waals surface area (Å²) in [6.45, 7) is 4.23. The summed E-state index contributed by atoms with van der Waals surface area (Å²) < 4.78 is 12.7. The van der Waals surface area contributed by atoms with Crippen LogP contribution >= 0.6 is 0 Å². The standard InChI is InChI=1S/C12H14FNO/c1-3-5-12(15)14(4-2)11-8-6-10(13)7-9-11/h3,5-9H,4H2,1-2H3. The normalized spacial score (nSPS) is 10.6. The Kier molecular flexibility index (Phi) is 4.03. The minimum atomic E-state index is -0.298. The van der Waals surface area contributed by atoms with E-state index in [9.17, 15) is 9.18 Å². The number of amides is 1. The van der Waals surface area contributed by atoms with Gasteiger partial charge in [0.2, 0.25) is 0 Å². The maximum Gasteiger partial charge on any atom is 0.250 e. The molecule has 0 N–H and O–H groups in total. The van der Waals surface area contributed by atoms with Crippen molar-refractivity contribution in [2.24, 2.45) is 0 Å². The first-order chi connectivity index (χ1) is 7.19. The van der Waals surface area contributed by atoms with E-state index in [2.05, 4.69) is 0 Å². The van der Waals surface area contributed by atoms with E-state index in [-0.39, 0.29) is 11.7 Å². The molecule has 15 heavy (non-hydrogen) atoms. The number of rotatable bonds is 3. The highest BCUT2D eigenvalue weighted by atomic mass is 19.1. The fourth-order valence-electron chi connectivity index (χ4n) is 1.32. The van der Waals surface area contributed by atoms with Crippen LogP contribution in [0.15, 0.2) is 36.4 Å². The van der Waals surface area contributed by atoms with Crippen molar-refractivity contribution in [3.63, 3.8) is 0 Å². The topological polar surface area (TPSA) is 20.3 Å². The molecule has 0 heterocycles. The molecular weight excluding hydrogens is 193 g/mol. The number of allylic oxidation sites excluding steroid dienone is 1. The second kappa shape index (κ2) is 5.29. The number of hydrogen-bond donors (Lipinski definition) is 0. The molecule has 0 radical (unpaired) electrons. The van der Waals surface area contributed by atoms with E-state index in [0.717, 1.165) is 0 Å². The van der Waals surface area contributed by atoms with Crippen molar-refractivity contribution in [3.8, 4) is 0 Å². The first-order valence-electron chi connectivity index (χ1n) is 4.88. The predicted molar refractivity (Wildman–Crippen MR) is 59.2 cm³/mol. The van der Waals surface area contributed by atoms with Gasteiger partial charge in [0.25, 0.3) is 5.91 Å². The second-order valence-electron chi connectivity index (χ2n) is 3.06. The third-order valence-electron chi connectivity index (χ3n) is 2.03. The Morgan fingerprint density at radius 1 is 1.40 bits per heavy atom. The number of halogens is 1. The Hall–Kier alpha value is -1.64. The zero-order valence-corrected chi connectivity index (χ0v) is 8.90. The van der Waals surface area contributed by atoms with E-state index in [4.69, 9.17) is 0 Å². The van der Waals surface area contributed by atoms with E-state index in [1.54, 1.807) is 30.0 Å². The molecule has 3 heteroatoms. The molecule has 1 aromatic carbocycles. The fourth-order valence-corrected chi connectivity index (χ4v) is 1.32. The Morgan fingerprint density at radius 2 is 2.00 bits per heavy atom. The molecule has 0 fully saturated rings. The van der Waals surface area contributed by atoms with Crippen LogP contribution in [0, 0.1) is 5.82 Å². The SMILES string of the molecule is CC=CC(=O)N(CC)c1ccc(F)cc1. The number of hydrogen-bond acceptors (Lipinski definition) is 1. The third kappa shape index (κ3) is 2.91. The average Bonchev–Trinajstić information content (AvgIpc) is 2.22. The molecule has 0 bridgehead atoms. The summed E-state index contributed by atoms with van der Waals surface area (Å²) in [5, 5.41) is 0. The maximum atomic E-state index is 12.7. The van der Waals surface area contributed by atoms with Gasteiger partial charge in [0.1, 0.15) is 5.82 Å². The molecule has 0 aliphatic heterocycles. The number of carbonyl (C=O) groups excluding carboxylic acids is 1. The van der Waals surface area contributed by atoms with Gasteiger partial charge < -0.3 is 4.90 Å². The lowest BCUT2D eigenvalue weighted by Crippen LogP contribution is -2.28. The highest BCUT2D eigenvalue weighted by Gasteiger charge is 2.09. The quantitative estimate of drug-likeness (QED) is 0.698. The highest BCUT2D eigenvalue weighted by molar-refractivity contribution is 6.01. The van der Waals surface area contributed by atoms with Gasteiger partial charge in [-0.3, -0.25) is 4.79 Å². The third-order valence-corrected chi connectivity index (χ3v) is 2.03. The van der Waals surface area contributed by atoms with Crippen molar-refractivity contribution in [1.29, 1.82) is 0 Å². The zero-order valence-electron chi connectivity index (χ0n) is 8.90. The largest absolute Gasteiger partial charge is 0.309 e. The van der Waals surface area contributed by atoms with Gasteiger partial charge in [0, 0.05) is 12.2 Å². The van der Waals surface area contributed by atoms with Gasteiger partial charge in [-0.15, -0.1) is 0 Å². The van der Waals surface area contributed by atoms with Gasteiger partial charge in [-0.25, -0.2) is 4.39 Å². The van der Waals surface area contributed by atoms with E-state index in [1.165, 1.54) is 18.2 Å². The van der Waals surface area contributed by atoms with Gasteiger partial charge in [-0.05, 0) is 44.2 Å². The van der Waals surface area contributed by atoms with Crippen LogP contribution in [0.3, 0.4) is 0 Å². The monoisotopic (exact) mass is 207 g/mol. The number of nitrogens with zero attached hydrogens (tertiary/aromatic N) is 1. The van der Waals surface area contributed by atoms with Crippen LogP contribution in [-0.2, 0) is 4.79 Å². The molecule has 1 rings (SSSR count). The predicted octanol–water partition coefficient (Wildman–Crippen LogP) is 2.75. The number of likely N-dealkylation sites (N-methyl/N-ethyl adjacent to an activating group) is 1. The summed E-state index contributed by atoms with van der Waals surface area (Å²) in [6.07, 6.45) is 3.18. The summed E-state index contributed by atoms with van der Waals surface area (Å²) in [5.41, 5.74) is 0.710. The van der Waals surface area contributed by atoms with E-state index >= 15 is 0 Å². The van der Waals surface area contributed by atoms with Crippen molar-refractivity contribution in [3.05, 3.63) is 42.2 Å². The summed E-state index contributed by atoms with van der Waals surface area (Å²) in [5.74, 6) is -0.389. The Labute approximate surface area is 89.0 Å². The van der Waals surface area contributed by atoms with Gasteiger partial charge in [-0.2, -0.15) is 0 Å². The zero-order chi connectivity index (χ0) is 11.3. The van der Waals surface area contributed by atoms with Crippen molar-refractivity contribution in [1.82, 2.24) is 0 Å². The molecule has 0 saturated heterocycles. The number of benzene rings is 1. The smallest absolute Gasteiger partial charge is 0.250 e. The number of anilines is 1. The minimum Gasteiger partial charge on any atom is -0.309 e. The molecule has 0 aliphatic rings.